The van der Waals surface area contributed by atoms with E-state index in [-0.39, 0.29) is 29.7 Å². The van der Waals surface area contributed by atoms with Crippen molar-refractivity contribution in [1.82, 2.24) is 9.88 Å². The van der Waals surface area contributed by atoms with E-state index in [1.165, 1.54) is 7.11 Å². The second-order valence-electron chi connectivity index (χ2n) is 12.1. The molecule has 0 amide bonds. The zero-order chi connectivity index (χ0) is 30.7. The Morgan fingerprint density at radius 3 is 2.31 bits per heavy atom. The van der Waals surface area contributed by atoms with Crippen molar-refractivity contribution in [2.75, 3.05) is 7.11 Å². The lowest BCUT2D eigenvalue weighted by molar-refractivity contribution is -0.121. The number of aryl methyl sites for hydroxylation is 1. The SMILES string of the molecule is COc1cc(-c2cc(C)c(C(=O)Oc3cccc([C@H](C4CC4)[C@H](C)C(C)=O)c3)cc2CN(C(C)C)C(C)C)c(F)cn1. The van der Waals surface area contributed by atoms with Gasteiger partial charge in [0.1, 0.15) is 17.3 Å². The van der Waals surface area contributed by atoms with Crippen LogP contribution in [0.5, 0.6) is 11.6 Å². The van der Waals surface area contributed by atoms with Crippen LogP contribution in [0.25, 0.3) is 11.1 Å². The molecular formula is C35H43FN2O4. The van der Waals surface area contributed by atoms with Gasteiger partial charge < -0.3 is 9.47 Å². The van der Waals surface area contributed by atoms with E-state index in [1.54, 1.807) is 19.1 Å². The Morgan fingerprint density at radius 1 is 1.02 bits per heavy atom. The summed E-state index contributed by atoms with van der Waals surface area (Å²) >= 11 is 0. The normalized spacial score (nSPS) is 14.8. The lowest BCUT2D eigenvalue weighted by atomic mass is 9.81. The number of hydrogen-bond donors (Lipinski definition) is 0. The van der Waals surface area contributed by atoms with Crippen LogP contribution in [0.2, 0.25) is 0 Å². The van der Waals surface area contributed by atoms with Crippen LogP contribution in [0.15, 0.2) is 48.7 Å². The van der Waals surface area contributed by atoms with Gasteiger partial charge in [-0.1, -0.05) is 25.1 Å². The van der Waals surface area contributed by atoms with Gasteiger partial charge in [0.25, 0.3) is 0 Å². The molecule has 42 heavy (non-hydrogen) atoms. The molecule has 0 spiro atoms. The molecule has 0 saturated heterocycles. The molecule has 6 nitrogen and oxygen atoms in total. The second kappa shape index (κ2) is 13.2. The maximum Gasteiger partial charge on any atom is 0.343 e. The van der Waals surface area contributed by atoms with E-state index in [2.05, 4.69) is 37.6 Å². The summed E-state index contributed by atoms with van der Waals surface area (Å²) in [4.78, 5) is 32.2. The maximum atomic E-state index is 15.1. The third kappa shape index (κ3) is 7.06. The highest BCUT2D eigenvalue weighted by Crippen LogP contribution is 2.47. The molecule has 1 heterocycles. The largest absolute Gasteiger partial charge is 0.481 e. The minimum Gasteiger partial charge on any atom is -0.481 e. The summed E-state index contributed by atoms with van der Waals surface area (Å²) < 4.78 is 26.3. The third-order valence-corrected chi connectivity index (χ3v) is 8.44. The molecule has 1 aromatic heterocycles. The summed E-state index contributed by atoms with van der Waals surface area (Å²) in [6, 6.07) is 13.3. The molecule has 1 fully saturated rings. The van der Waals surface area contributed by atoms with Crippen molar-refractivity contribution in [3.05, 3.63) is 76.7 Å². The Hall–Kier alpha value is -3.58. The molecule has 0 unspecified atom stereocenters. The highest BCUT2D eigenvalue weighted by atomic mass is 19.1. The Kier molecular flexibility index (Phi) is 9.82. The Labute approximate surface area is 249 Å². The van der Waals surface area contributed by atoms with E-state index in [4.69, 9.17) is 9.47 Å². The molecule has 1 saturated carbocycles. The fourth-order valence-electron chi connectivity index (χ4n) is 5.87. The van der Waals surface area contributed by atoms with E-state index in [0.29, 0.717) is 46.3 Å². The first kappa shape index (κ1) is 31.4. The number of nitrogens with zero attached hydrogens (tertiary/aromatic N) is 2. The summed E-state index contributed by atoms with van der Waals surface area (Å²) in [5, 5.41) is 0. The number of aromatic nitrogens is 1. The summed E-state index contributed by atoms with van der Waals surface area (Å²) in [7, 11) is 1.50. The monoisotopic (exact) mass is 574 g/mol. The number of ether oxygens (including phenoxy) is 2. The third-order valence-electron chi connectivity index (χ3n) is 8.44. The first-order valence-electron chi connectivity index (χ1n) is 14.8. The minimum absolute atomic E-state index is 0.0992. The van der Waals surface area contributed by atoms with Crippen LogP contribution in [0.4, 0.5) is 4.39 Å². The minimum atomic E-state index is -0.478. The zero-order valence-electron chi connectivity index (χ0n) is 26.0. The molecule has 7 heteroatoms. The molecule has 2 atom stereocenters. The van der Waals surface area contributed by atoms with Crippen LogP contribution in [-0.4, -0.2) is 40.8 Å². The van der Waals surface area contributed by atoms with Gasteiger partial charge in [-0.15, -0.1) is 0 Å². The molecule has 4 rings (SSSR count). The van der Waals surface area contributed by atoms with E-state index >= 15 is 4.39 Å². The summed E-state index contributed by atoms with van der Waals surface area (Å²) in [5.41, 5.74) is 3.97. The summed E-state index contributed by atoms with van der Waals surface area (Å²) in [5.74, 6) is 0.466. The second-order valence-corrected chi connectivity index (χ2v) is 12.1. The number of esters is 1. The Balaban J connectivity index is 1.72. The Morgan fingerprint density at radius 2 is 1.71 bits per heavy atom. The number of carbonyl (C=O) groups is 2. The first-order chi connectivity index (χ1) is 19.9. The van der Waals surface area contributed by atoms with Gasteiger partial charge in [-0.2, -0.15) is 0 Å². The van der Waals surface area contributed by atoms with Crippen LogP contribution in [0.1, 0.15) is 87.4 Å². The summed E-state index contributed by atoms with van der Waals surface area (Å²) in [6.07, 6.45) is 3.37. The van der Waals surface area contributed by atoms with E-state index in [1.807, 2.05) is 44.2 Å². The number of hydrogen-bond acceptors (Lipinski definition) is 6. The van der Waals surface area contributed by atoms with Crippen LogP contribution < -0.4 is 9.47 Å². The fraction of sp³-hybridized carbons (Fsp3) is 0.457. The maximum absolute atomic E-state index is 15.1. The topological polar surface area (TPSA) is 68.7 Å². The van der Waals surface area contributed by atoms with Crippen LogP contribution in [0.3, 0.4) is 0 Å². The number of benzene rings is 2. The average molecular weight is 575 g/mol. The van der Waals surface area contributed by atoms with Crippen LogP contribution in [-0.2, 0) is 11.3 Å². The van der Waals surface area contributed by atoms with Gasteiger partial charge in [0.05, 0.1) is 18.9 Å². The molecule has 224 valence electrons. The average Bonchev–Trinajstić information content (AvgIpc) is 3.77. The van der Waals surface area contributed by atoms with Gasteiger partial charge in [0.2, 0.25) is 5.88 Å². The predicted molar refractivity (Wildman–Crippen MR) is 163 cm³/mol. The zero-order valence-corrected chi connectivity index (χ0v) is 26.0. The van der Waals surface area contributed by atoms with Crippen molar-refractivity contribution >= 4 is 11.8 Å². The van der Waals surface area contributed by atoms with Gasteiger partial charge in [-0.25, -0.2) is 14.2 Å². The van der Waals surface area contributed by atoms with Gasteiger partial charge in [0, 0.05) is 36.2 Å². The van der Waals surface area contributed by atoms with Gasteiger partial charge >= 0.3 is 5.97 Å². The Bertz CT molecular complexity index is 1440. The number of rotatable bonds is 12. The van der Waals surface area contributed by atoms with E-state index < -0.39 is 11.8 Å². The lowest BCUT2D eigenvalue weighted by Crippen LogP contribution is -2.36. The predicted octanol–water partition coefficient (Wildman–Crippen LogP) is 7.76. The molecule has 0 N–H and O–H groups in total. The van der Waals surface area contributed by atoms with E-state index in [9.17, 15) is 9.59 Å². The number of pyridine rings is 1. The van der Waals surface area contributed by atoms with Crippen molar-refractivity contribution in [3.63, 3.8) is 0 Å². The number of carbonyl (C=O) groups excluding carboxylic acids is 2. The van der Waals surface area contributed by atoms with Crippen molar-refractivity contribution < 1.29 is 23.5 Å². The van der Waals surface area contributed by atoms with Crippen LogP contribution in [0, 0.1) is 24.6 Å². The number of methoxy groups -OCH3 is 1. The van der Waals surface area contributed by atoms with E-state index in [0.717, 1.165) is 30.2 Å². The molecule has 0 aliphatic heterocycles. The number of Topliss-reactive ketones (excluding diaryl/α,β-unsaturated/α-hetero) is 1. The van der Waals surface area contributed by atoms with Crippen molar-refractivity contribution in [3.8, 4) is 22.8 Å². The molecule has 0 bridgehead atoms. The fourth-order valence-corrected chi connectivity index (χ4v) is 5.87. The molecule has 0 radical (unpaired) electrons. The van der Waals surface area contributed by atoms with Gasteiger partial charge in [-0.05, 0) is 107 Å². The highest BCUT2D eigenvalue weighted by molar-refractivity contribution is 5.94. The smallest absolute Gasteiger partial charge is 0.343 e. The quantitative estimate of drug-likeness (QED) is 0.163. The molecule has 3 aromatic rings. The molecule has 2 aromatic carbocycles. The van der Waals surface area contributed by atoms with Gasteiger partial charge in [-0.3, -0.25) is 9.69 Å². The molecule has 1 aliphatic carbocycles. The van der Waals surface area contributed by atoms with Crippen molar-refractivity contribution in [2.24, 2.45) is 11.8 Å². The molecule has 1 aliphatic rings. The standard InChI is InChI=1S/C35H43FN2O4/c1-20(2)38(21(3)4)19-27-16-29(22(5)14-30(27)31-17-33(41-8)37-18-32(31)36)35(40)42-28-11-9-10-26(15-28)34(25-12-13-25)23(6)24(7)39/h9-11,14-18,20-21,23,25,34H,12-13,19H2,1-8H3/t23-,34+/m1/s1. The highest BCUT2D eigenvalue weighted by Gasteiger charge is 2.37. The number of halogens is 1. The van der Waals surface area contributed by atoms with Gasteiger partial charge in [0.15, 0.2) is 0 Å². The first-order valence-corrected chi connectivity index (χ1v) is 14.8. The van der Waals surface area contributed by atoms with Crippen molar-refractivity contribution in [2.45, 2.75) is 85.9 Å². The summed E-state index contributed by atoms with van der Waals surface area (Å²) in [6.45, 7) is 14.4. The number of ketones is 1. The van der Waals surface area contributed by atoms with Crippen molar-refractivity contribution in [1.29, 1.82) is 0 Å². The molecular weight excluding hydrogens is 531 g/mol. The van der Waals surface area contributed by atoms with Crippen LogP contribution >= 0.6 is 0 Å². The lowest BCUT2D eigenvalue weighted by Gasteiger charge is -2.31.